The fourth-order valence-corrected chi connectivity index (χ4v) is 9.72. The Balaban J connectivity index is 1.10. The molecule has 0 saturated heterocycles. The number of hydrogen-bond acceptors (Lipinski definition) is 2. The molecule has 252 valence electrons. The average molecular weight is 704 g/mol. The van der Waals surface area contributed by atoms with Crippen LogP contribution in [-0.2, 0) is 0 Å². The molecule has 0 atom stereocenters. The Labute approximate surface area is 317 Å². The topological polar surface area (TPSA) is 3.24 Å². The first-order valence-electron chi connectivity index (χ1n) is 18.5. The van der Waals surface area contributed by atoms with Gasteiger partial charge in [-0.2, -0.15) is 0 Å². The maximum atomic E-state index is 2.46. The summed E-state index contributed by atoms with van der Waals surface area (Å²) in [6.45, 7) is 0. The number of benzene rings is 10. The van der Waals surface area contributed by atoms with Crippen LogP contribution < -0.4 is 4.90 Å². The van der Waals surface area contributed by atoms with Crippen molar-refractivity contribution in [3.8, 4) is 22.3 Å². The van der Waals surface area contributed by atoms with E-state index in [1.54, 1.807) is 0 Å². The van der Waals surface area contributed by atoms with Crippen molar-refractivity contribution < 1.29 is 0 Å². The van der Waals surface area contributed by atoms with Crippen LogP contribution in [0.15, 0.2) is 200 Å². The summed E-state index contributed by atoms with van der Waals surface area (Å²) < 4.78 is 2.59. The van der Waals surface area contributed by atoms with E-state index in [0.717, 1.165) is 11.4 Å². The summed E-state index contributed by atoms with van der Waals surface area (Å²) in [5, 5.41) is 12.7. The van der Waals surface area contributed by atoms with Gasteiger partial charge in [0.25, 0.3) is 0 Å². The highest BCUT2D eigenvalue weighted by Crippen LogP contribution is 2.48. The van der Waals surface area contributed by atoms with Crippen LogP contribution in [0.5, 0.6) is 0 Å². The molecular formula is C52H33NS. The lowest BCUT2D eigenvalue weighted by Gasteiger charge is -2.27. The van der Waals surface area contributed by atoms with Gasteiger partial charge in [-0.05, 0) is 102 Å². The van der Waals surface area contributed by atoms with Crippen molar-refractivity contribution in [3.63, 3.8) is 0 Å². The van der Waals surface area contributed by atoms with E-state index in [1.807, 2.05) is 11.3 Å². The van der Waals surface area contributed by atoms with Gasteiger partial charge in [-0.15, -0.1) is 11.3 Å². The molecule has 1 aromatic heterocycles. The zero-order valence-electron chi connectivity index (χ0n) is 29.4. The predicted octanol–water partition coefficient (Wildman–Crippen LogP) is 15.5. The Morgan fingerprint density at radius 1 is 0.296 bits per heavy atom. The van der Waals surface area contributed by atoms with Crippen molar-refractivity contribution in [2.45, 2.75) is 0 Å². The first-order valence-corrected chi connectivity index (χ1v) is 19.3. The molecule has 2 heteroatoms. The van der Waals surface area contributed by atoms with Crippen LogP contribution in [0.2, 0.25) is 0 Å². The molecule has 54 heavy (non-hydrogen) atoms. The minimum Gasteiger partial charge on any atom is -0.309 e. The molecule has 0 aliphatic rings. The van der Waals surface area contributed by atoms with E-state index in [0.29, 0.717) is 0 Å². The quantitative estimate of drug-likeness (QED) is 0.161. The molecule has 0 amide bonds. The predicted molar refractivity (Wildman–Crippen MR) is 235 cm³/mol. The van der Waals surface area contributed by atoms with Gasteiger partial charge in [-0.1, -0.05) is 164 Å². The summed E-state index contributed by atoms with van der Waals surface area (Å²) in [6.07, 6.45) is 0. The number of thiophene rings is 1. The summed E-state index contributed by atoms with van der Waals surface area (Å²) in [5.74, 6) is 0. The monoisotopic (exact) mass is 703 g/mol. The zero-order valence-corrected chi connectivity index (χ0v) is 30.2. The van der Waals surface area contributed by atoms with Crippen LogP contribution >= 0.6 is 11.3 Å². The molecule has 0 aliphatic heterocycles. The van der Waals surface area contributed by atoms with E-state index in [2.05, 4.69) is 205 Å². The molecule has 11 rings (SSSR count). The van der Waals surface area contributed by atoms with E-state index in [-0.39, 0.29) is 0 Å². The smallest absolute Gasteiger partial charge is 0.0640 e. The van der Waals surface area contributed by atoms with E-state index in [4.69, 9.17) is 0 Å². The minimum atomic E-state index is 1.12. The molecule has 10 aromatic carbocycles. The zero-order chi connectivity index (χ0) is 35.6. The van der Waals surface area contributed by atoms with Gasteiger partial charge in [0.2, 0.25) is 0 Å². The Morgan fingerprint density at radius 2 is 0.852 bits per heavy atom. The molecule has 1 heterocycles. The van der Waals surface area contributed by atoms with Gasteiger partial charge < -0.3 is 4.90 Å². The third kappa shape index (κ3) is 4.99. The summed E-state index contributed by atoms with van der Waals surface area (Å²) in [7, 11) is 0. The van der Waals surface area contributed by atoms with E-state index < -0.39 is 0 Å². The molecule has 0 spiro atoms. The van der Waals surface area contributed by atoms with Crippen molar-refractivity contribution in [2.24, 2.45) is 0 Å². The fraction of sp³-hybridized carbons (Fsp3) is 0. The largest absolute Gasteiger partial charge is 0.309 e. The van der Waals surface area contributed by atoms with Crippen molar-refractivity contribution in [1.29, 1.82) is 0 Å². The van der Waals surface area contributed by atoms with Crippen LogP contribution in [0.1, 0.15) is 0 Å². The second-order valence-corrected chi connectivity index (χ2v) is 15.1. The van der Waals surface area contributed by atoms with Gasteiger partial charge in [-0.25, -0.2) is 0 Å². The van der Waals surface area contributed by atoms with E-state index in [9.17, 15) is 0 Å². The average Bonchev–Trinajstić information content (AvgIpc) is 3.64. The fourth-order valence-electron chi connectivity index (χ4n) is 8.38. The number of hydrogen-bond donors (Lipinski definition) is 0. The summed E-state index contributed by atoms with van der Waals surface area (Å²) >= 11 is 1.89. The second-order valence-electron chi connectivity index (χ2n) is 14.1. The van der Waals surface area contributed by atoms with Gasteiger partial charge >= 0.3 is 0 Å². The van der Waals surface area contributed by atoms with Gasteiger partial charge in [0, 0.05) is 26.8 Å². The molecule has 0 aliphatic carbocycles. The number of fused-ring (bicyclic) bond motifs is 9. The van der Waals surface area contributed by atoms with Gasteiger partial charge in [0.05, 0.1) is 10.4 Å². The number of anilines is 3. The Hall–Kier alpha value is -6.74. The Morgan fingerprint density at radius 3 is 1.63 bits per heavy atom. The van der Waals surface area contributed by atoms with Crippen LogP contribution in [0.3, 0.4) is 0 Å². The third-order valence-electron chi connectivity index (χ3n) is 11.0. The minimum absolute atomic E-state index is 1.12. The van der Waals surface area contributed by atoms with Crippen molar-refractivity contribution >= 4 is 91.7 Å². The summed E-state index contributed by atoms with van der Waals surface area (Å²) in [6, 6.07) is 73.5. The Kier molecular flexibility index (Phi) is 7.11. The van der Waals surface area contributed by atoms with Crippen LogP contribution in [0.25, 0.3) is 85.5 Å². The van der Waals surface area contributed by atoms with Crippen LogP contribution in [0.4, 0.5) is 17.1 Å². The molecule has 0 fully saturated rings. The summed E-state index contributed by atoms with van der Waals surface area (Å²) in [5.41, 5.74) is 8.37. The van der Waals surface area contributed by atoms with Gasteiger partial charge in [0.1, 0.15) is 0 Å². The molecule has 0 saturated carbocycles. The van der Waals surface area contributed by atoms with Crippen LogP contribution in [-0.4, -0.2) is 0 Å². The lowest BCUT2D eigenvalue weighted by molar-refractivity contribution is 1.31. The van der Waals surface area contributed by atoms with Gasteiger partial charge in [0.15, 0.2) is 0 Å². The van der Waals surface area contributed by atoms with E-state index >= 15 is 0 Å². The first-order chi connectivity index (χ1) is 26.8. The normalized spacial score (nSPS) is 11.7. The SMILES string of the molecule is c1ccc(-c2cccc3c2sc2c(N(c4ccc(-c5ccc6c(ccc7ccccc76)c5)cc4)c4ccc5ccc6ccccc6c5c4)cccc23)cc1. The molecule has 0 radical (unpaired) electrons. The number of rotatable bonds is 5. The highest BCUT2D eigenvalue weighted by molar-refractivity contribution is 7.27. The first kappa shape index (κ1) is 30.8. The number of nitrogens with zero attached hydrogens (tertiary/aromatic N) is 1. The van der Waals surface area contributed by atoms with Crippen LogP contribution in [0, 0.1) is 0 Å². The maximum absolute atomic E-state index is 2.46. The van der Waals surface area contributed by atoms with Gasteiger partial charge in [-0.3, -0.25) is 0 Å². The molecule has 0 N–H and O–H groups in total. The van der Waals surface area contributed by atoms with Crippen molar-refractivity contribution in [1.82, 2.24) is 0 Å². The van der Waals surface area contributed by atoms with E-state index in [1.165, 1.54) is 91.2 Å². The highest BCUT2D eigenvalue weighted by Gasteiger charge is 2.20. The third-order valence-corrected chi connectivity index (χ3v) is 12.3. The lowest BCUT2D eigenvalue weighted by Crippen LogP contribution is -2.10. The Bertz CT molecular complexity index is 3210. The maximum Gasteiger partial charge on any atom is 0.0640 e. The second kappa shape index (κ2) is 12.4. The molecule has 0 bridgehead atoms. The van der Waals surface area contributed by atoms with Crippen molar-refractivity contribution in [2.75, 3.05) is 4.90 Å². The molecule has 1 nitrogen and oxygen atoms in total. The van der Waals surface area contributed by atoms with Crippen molar-refractivity contribution in [3.05, 3.63) is 200 Å². The summed E-state index contributed by atoms with van der Waals surface area (Å²) in [4.78, 5) is 2.46. The molecule has 0 unspecified atom stereocenters. The lowest BCUT2D eigenvalue weighted by atomic mass is 9.97. The standard InChI is InChI=1S/C52H33NS/c1-2-10-35(11-3-1)46-16-8-17-47-48-18-9-19-50(52(48)54-51(46)47)53(42-30-26-38-21-20-37-13-5-7-15-44(37)49(38)33-42)41-28-24-34(25-29-41)39-27-31-45-40(32-39)23-22-36-12-4-6-14-43(36)45/h1-33H. The highest BCUT2D eigenvalue weighted by atomic mass is 32.1. The molecular weight excluding hydrogens is 671 g/mol. The molecule has 11 aromatic rings.